The molecule has 0 saturated heterocycles. The Kier molecular flexibility index (Phi) is 4.77. The van der Waals surface area contributed by atoms with Crippen LogP contribution in [0.2, 0.25) is 0 Å². The standard InChI is InChI=1S/C16H24N4/c1-4-5-8-11-20(12(2)3)15-13-9-6-7-10-14(13)18-16(17)19-15/h6-7,9-10,12H,4-5,8,11H2,1-3H3,(H2,17,18,19). The number of benzene rings is 1. The van der Waals surface area contributed by atoms with E-state index in [-0.39, 0.29) is 0 Å². The Balaban J connectivity index is 2.41. The average Bonchev–Trinajstić information content (AvgIpc) is 2.42. The molecule has 0 radical (unpaired) electrons. The molecule has 1 aromatic heterocycles. The maximum absolute atomic E-state index is 5.87. The molecular formula is C16H24N4. The van der Waals surface area contributed by atoms with Gasteiger partial charge in [0.1, 0.15) is 5.82 Å². The number of para-hydroxylation sites is 1. The van der Waals surface area contributed by atoms with Crippen molar-refractivity contribution in [1.29, 1.82) is 0 Å². The molecule has 0 aliphatic rings. The van der Waals surface area contributed by atoms with E-state index in [2.05, 4.69) is 41.7 Å². The summed E-state index contributed by atoms with van der Waals surface area (Å²) in [5, 5.41) is 1.08. The SMILES string of the molecule is CCCCCN(c1nc(N)nc2ccccc12)C(C)C. The molecular weight excluding hydrogens is 248 g/mol. The number of hydrogen-bond acceptors (Lipinski definition) is 4. The molecule has 0 amide bonds. The number of hydrogen-bond donors (Lipinski definition) is 1. The van der Waals surface area contributed by atoms with Crippen LogP contribution in [-0.2, 0) is 0 Å². The number of rotatable bonds is 6. The molecule has 0 unspecified atom stereocenters. The summed E-state index contributed by atoms with van der Waals surface area (Å²) in [6.45, 7) is 7.61. The maximum atomic E-state index is 5.87. The molecule has 2 N–H and O–H groups in total. The van der Waals surface area contributed by atoms with Crippen LogP contribution in [0.5, 0.6) is 0 Å². The number of nitrogen functional groups attached to an aromatic ring is 1. The summed E-state index contributed by atoms with van der Waals surface area (Å²) < 4.78 is 0. The molecule has 108 valence electrons. The second kappa shape index (κ2) is 6.55. The normalized spacial score (nSPS) is 11.2. The van der Waals surface area contributed by atoms with Crippen molar-refractivity contribution in [3.63, 3.8) is 0 Å². The summed E-state index contributed by atoms with van der Waals surface area (Å²) in [5.74, 6) is 1.30. The molecule has 4 heteroatoms. The van der Waals surface area contributed by atoms with Crippen molar-refractivity contribution in [2.24, 2.45) is 0 Å². The van der Waals surface area contributed by atoms with Crippen molar-refractivity contribution in [1.82, 2.24) is 9.97 Å². The summed E-state index contributed by atoms with van der Waals surface area (Å²) in [5.41, 5.74) is 6.78. The van der Waals surface area contributed by atoms with E-state index >= 15 is 0 Å². The molecule has 1 heterocycles. The van der Waals surface area contributed by atoms with Crippen LogP contribution in [0.1, 0.15) is 40.0 Å². The van der Waals surface area contributed by atoms with Gasteiger partial charge in [0, 0.05) is 18.0 Å². The van der Waals surface area contributed by atoms with E-state index in [1.807, 2.05) is 18.2 Å². The van der Waals surface area contributed by atoms with Gasteiger partial charge in [0.15, 0.2) is 0 Å². The second-order valence-corrected chi connectivity index (χ2v) is 5.42. The predicted octanol–water partition coefficient (Wildman–Crippen LogP) is 3.62. The smallest absolute Gasteiger partial charge is 0.222 e. The van der Waals surface area contributed by atoms with Crippen LogP contribution in [0, 0.1) is 0 Å². The van der Waals surface area contributed by atoms with Crippen molar-refractivity contribution < 1.29 is 0 Å². The number of unbranched alkanes of at least 4 members (excludes halogenated alkanes) is 2. The van der Waals surface area contributed by atoms with E-state index in [1.165, 1.54) is 19.3 Å². The van der Waals surface area contributed by atoms with Crippen molar-refractivity contribution in [3.05, 3.63) is 24.3 Å². The molecule has 20 heavy (non-hydrogen) atoms. The fourth-order valence-electron chi connectivity index (χ4n) is 2.44. The number of aromatic nitrogens is 2. The molecule has 2 rings (SSSR count). The first-order valence-corrected chi connectivity index (χ1v) is 7.42. The zero-order valence-electron chi connectivity index (χ0n) is 12.6. The molecule has 0 spiro atoms. The Bertz CT molecular complexity index is 565. The van der Waals surface area contributed by atoms with Gasteiger partial charge >= 0.3 is 0 Å². The fourth-order valence-corrected chi connectivity index (χ4v) is 2.44. The lowest BCUT2D eigenvalue weighted by Crippen LogP contribution is -2.33. The minimum atomic E-state index is 0.347. The minimum absolute atomic E-state index is 0.347. The van der Waals surface area contributed by atoms with Gasteiger partial charge in [0.25, 0.3) is 0 Å². The number of fused-ring (bicyclic) bond motifs is 1. The molecule has 0 atom stereocenters. The highest BCUT2D eigenvalue weighted by Crippen LogP contribution is 2.26. The first-order chi connectivity index (χ1) is 9.63. The molecule has 4 nitrogen and oxygen atoms in total. The first kappa shape index (κ1) is 14.6. The molecule has 0 saturated carbocycles. The van der Waals surface area contributed by atoms with Crippen molar-refractivity contribution in [2.75, 3.05) is 17.2 Å². The van der Waals surface area contributed by atoms with Crippen molar-refractivity contribution >= 4 is 22.7 Å². The number of nitrogens with two attached hydrogens (primary N) is 1. The summed E-state index contributed by atoms with van der Waals surface area (Å²) in [6, 6.07) is 8.45. The summed E-state index contributed by atoms with van der Waals surface area (Å²) in [7, 11) is 0. The molecule has 0 fully saturated rings. The molecule has 0 bridgehead atoms. The van der Waals surface area contributed by atoms with Crippen LogP contribution in [0.25, 0.3) is 10.9 Å². The van der Waals surface area contributed by atoms with Gasteiger partial charge in [-0.3, -0.25) is 0 Å². The van der Waals surface area contributed by atoms with Crippen LogP contribution >= 0.6 is 0 Å². The van der Waals surface area contributed by atoms with Gasteiger partial charge in [-0.25, -0.2) is 4.98 Å². The molecule has 0 aliphatic carbocycles. The number of nitrogens with zero attached hydrogens (tertiary/aromatic N) is 3. The Morgan fingerprint density at radius 1 is 1.15 bits per heavy atom. The third kappa shape index (κ3) is 3.18. The van der Waals surface area contributed by atoms with Gasteiger partial charge in [-0.05, 0) is 32.4 Å². The zero-order valence-corrected chi connectivity index (χ0v) is 12.6. The van der Waals surface area contributed by atoms with E-state index in [9.17, 15) is 0 Å². The average molecular weight is 272 g/mol. The van der Waals surface area contributed by atoms with E-state index < -0.39 is 0 Å². The quantitative estimate of drug-likeness (QED) is 0.816. The van der Waals surface area contributed by atoms with Crippen molar-refractivity contribution in [2.45, 2.75) is 46.1 Å². The Labute approximate surface area is 121 Å². The van der Waals surface area contributed by atoms with Gasteiger partial charge in [0.2, 0.25) is 5.95 Å². The van der Waals surface area contributed by atoms with Gasteiger partial charge in [0.05, 0.1) is 5.52 Å². The van der Waals surface area contributed by atoms with Gasteiger partial charge in [-0.15, -0.1) is 0 Å². The van der Waals surface area contributed by atoms with Crippen LogP contribution in [-0.4, -0.2) is 22.6 Å². The van der Waals surface area contributed by atoms with E-state index in [0.29, 0.717) is 12.0 Å². The summed E-state index contributed by atoms with van der Waals surface area (Å²) in [6.07, 6.45) is 3.63. The number of anilines is 2. The Morgan fingerprint density at radius 3 is 2.60 bits per heavy atom. The monoisotopic (exact) mass is 272 g/mol. The summed E-state index contributed by atoms with van der Waals surface area (Å²) >= 11 is 0. The van der Waals surface area contributed by atoms with E-state index in [1.54, 1.807) is 0 Å². The van der Waals surface area contributed by atoms with E-state index in [4.69, 9.17) is 5.73 Å². The lowest BCUT2D eigenvalue weighted by atomic mass is 10.1. The summed E-state index contributed by atoms with van der Waals surface area (Å²) in [4.78, 5) is 11.1. The zero-order chi connectivity index (χ0) is 14.5. The third-order valence-corrected chi connectivity index (χ3v) is 3.50. The fraction of sp³-hybridized carbons (Fsp3) is 0.500. The molecule has 1 aromatic carbocycles. The van der Waals surface area contributed by atoms with Crippen molar-refractivity contribution in [3.8, 4) is 0 Å². The van der Waals surface area contributed by atoms with Gasteiger partial charge in [-0.1, -0.05) is 31.9 Å². The molecule has 0 aliphatic heterocycles. The van der Waals surface area contributed by atoms with Crippen LogP contribution in [0.15, 0.2) is 24.3 Å². The highest BCUT2D eigenvalue weighted by atomic mass is 15.2. The highest BCUT2D eigenvalue weighted by Gasteiger charge is 2.16. The lowest BCUT2D eigenvalue weighted by molar-refractivity contribution is 0.622. The van der Waals surface area contributed by atoms with Crippen LogP contribution in [0.3, 0.4) is 0 Å². The highest BCUT2D eigenvalue weighted by molar-refractivity contribution is 5.90. The van der Waals surface area contributed by atoms with Gasteiger partial charge in [-0.2, -0.15) is 4.98 Å². The maximum Gasteiger partial charge on any atom is 0.222 e. The third-order valence-electron chi connectivity index (χ3n) is 3.50. The Hall–Kier alpha value is -1.84. The van der Waals surface area contributed by atoms with Gasteiger partial charge < -0.3 is 10.6 Å². The predicted molar refractivity (Wildman–Crippen MR) is 86.0 cm³/mol. The second-order valence-electron chi connectivity index (χ2n) is 5.42. The minimum Gasteiger partial charge on any atom is -0.368 e. The van der Waals surface area contributed by atoms with E-state index in [0.717, 1.165) is 23.3 Å². The lowest BCUT2D eigenvalue weighted by Gasteiger charge is -2.29. The largest absolute Gasteiger partial charge is 0.368 e. The molecule has 2 aromatic rings. The first-order valence-electron chi connectivity index (χ1n) is 7.42. The topological polar surface area (TPSA) is 55.0 Å². The van der Waals surface area contributed by atoms with Crippen LogP contribution < -0.4 is 10.6 Å². The Morgan fingerprint density at radius 2 is 1.90 bits per heavy atom. The van der Waals surface area contributed by atoms with Crippen LogP contribution in [0.4, 0.5) is 11.8 Å².